The van der Waals surface area contributed by atoms with Gasteiger partial charge < -0.3 is 11.5 Å². The summed E-state index contributed by atoms with van der Waals surface area (Å²) < 4.78 is 0. The average Bonchev–Trinajstić information content (AvgIpc) is 2.60. The largest absolute Gasteiger partial charge is 0.398 e. The number of carbonyl (C=O) groups excluding carboxylic acids is 2. The molecule has 6 N–H and O–H groups in total. The molecule has 0 aliphatic carbocycles. The molecule has 8 nitrogen and oxygen atoms in total. The van der Waals surface area contributed by atoms with Crippen molar-refractivity contribution in [3.05, 3.63) is 59.7 Å². The van der Waals surface area contributed by atoms with Crippen molar-refractivity contribution in [2.45, 2.75) is 6.92 Å². The summed E-state index contributed by atoms with van der Waals surface area (Å²) >= 11 is 0. The highest BCUT2D eigenvalue weighted by atomic mass is 16.2. The number of anilines is 2. The summed E-state index contributed by atoms with van der Waals surface area (Å²) in [6.45, 7) is 1.61. The molecule has 0 bridgehead atoms. The van der Waals surface area contributed by atoms with Crippen LogP contribution in [0, 0.1) is 0 Å². The second kappa shape index (κ2) is 8.25. The van der Waals surface area contributed by atoms with Gasteiger partial charge >= 0.3 is 0 Å². The van der Waals surface area contributed by atoms with Crippen LogP contribution in [0.1, 0.15) is 27.6 Å². The molecule has 0 radical (unpaired) electrons. The van der Waals surface area contributed by atoms with Crippen LogP contribution in [0.3, 0.4) is 0 Å². The standard InChI is InChI=1S/C17H18N6O2/c1-11(21-23-17(25)13-7-3-5-9-15(13)19)10-20-22-16(24)12-6-2-4-8-14(12)18/h2-10H,18-19H2,1H3,(H,22,24)(H,23,25). The quantitative estimate of drug-likeness (QED) is 0.372. The van der Waals surface area contributed by atoms with Crippen LogP contribution < -0.4 is 22.3 Å². The minimum absolute atomic E-state index is 0.321. The van der Waals surface area contributed by atoms with Crippen molar-refractivity contribution in [3.63, 3.8) is 0 Å². The number of nitrogens with zero attached hydrogens (tertiary/aromatic N) is 2. The van der Waals surface area contributed by atoms with Gasteiger partial charge in [-0.05, 0) is 31.2 Å². The van der Waals surface area contributed by atoms with Crippen LogP contribution in [0.4, 0.5) is 11.4 Å². The van der Waals surface area contributed by atoms with E-state index in [1.807, 2.05) is 0 Å². The number of hydrogen-bond donors (Lipinski definition) is 4. The molecule has 2 rings (SSSR count). The van der Waals surface area contributed by atoms with Crippen molar-refractivity contribution in [2.75, 3.05) is 11.5 Å². The van der Waals surface area contributed by atoms with Crippen LogP contribution in [0.15, 0.2) is 58.7 Å². The van der Waals surface area contributed by atoms with Crippen molar-refractivity contribution in [3.8, 4) is 0 Å². The first kappa shape index (κ1) is 17.7. The predicted octanol–water partition coefficient (Wildman–Crippen LogP) is 1.37. The van der Waals surface area contributed by atoms with Gasteiger partial charge in [-0.15, -0.1) is 0 Å². The van der Waals surface area contributed by atoms with E-state index < -0.39 is 11.8 Å². The molecule has 0 heterocycles. The highest BCUT2D eigenvalue weighted by Gasteiger charge is 2.08. The van der Waals surface area contributed by atoms with E-state index in [1.54, 1.807) is 55.5 Å². The summed E-state index contributed by atoms with van der Waals surface area (Å²) in [7, 11) is 0. The van der Waals surface area contributed by atoms with Gasteiger partial charge in [0.25, 0.3) is 11.8 Å². The molecule has 0 aliphatic rings. The summed E-state index contributed by atoms with van der Waals surface area (Å²) in [5, 5.41) is 7.64. The Labute approximate surface area is 144 Å². The number of hydrogen-bond acceptors (Lipinski definition) is 6. The van der Waals surface area contributed by atoms with Crippen molar-refractivity contribution >= 4 is 35.1 Å². The van der Waals surface area contributed by atoms with Gasteiger partial charge in [-0.3, -0.25) is 9.59 Å². The number of amides is 2. The molecule has 0 aromatic heterocycles. The maximum atomic E-state index is 11.9. The zero-order valence-electron chi connectivity index (χ0n) is 13.6. The number of nitrogens with two attached hydrogens (primary N) is 2. The van der Waals surface area contributed by atoms with E-state index in [9.17, 15) is 9.59 Å². The third-order valence-electron chi connectivity index (χ3n) is 3.16. The number of nitrogen functional groups attached to an aromatic ring is 2. The first-order valence-electron chi connectivity index (χ1n) is 7.36. The Morgan fingerprint density at radius 3 is 1.88 bits per heavy atom. The predicted molar refractivity (Wildman–Crippen MR) is 98.2 cm³/mol. The third-order valence-corrected chi connectivity index (χ3v) is 3.16. The molecule has 128 valence electrons. The smallest absolute Gasteiger partial charge is 0.273 e. The summed E-state index contributed by atoms with van der Waals surface area (Å²) in [6.07, 6.45) is 1.30. The lowest BCUT2D eigenvalue weighted by Crippen LogP contribution is -2.22. The highest BCUT2D eigenvalue weighted by Crippen LogP contribution is 2.10. The number of benzene rings is 2. The van der Waals surface area contributed by atoms with Crippen molar-refractivity contribution in [1.82, 2.24) is 10.9 Å². The van der Waals surface area contributed by atoms with Gasteiger partial charge in [0.15, 0.2) is 0 Å². The first-order chi connectivity index (χ1) is 12.0. The lowest BCUT2D eigenvalue weighted by Gasteiger charge is -2.04. The Balaban J connectivity index is 1.92. The minimum Gasteiger partial charge on any atom is -0.398 e. The second-order valence-electron chi connectivity index (χ2n) is 5.07. The molecule has 25 heavy (non-hydrogen) atoms. The monoisotopic (exact) mass is 338 g/mol. The minimum atomic E-state index is -0.441. The molecule has 2 amide bonds. The van der Waals surface area contributed by atoms with Crippen LogP contribution in [0.25, 0.3) is 0 Å². The van der Waals surface area contributed by atoms with Gasteiger partial charge in [-0.25, -0.2) is 10.9 Å². The highest BCUT2D eigenvalue weighted by molar-refractivity contribution is 6.29. The molecule has 0 unspecified atom stereocenters. The summed E-state index contributed by atoms with van der Waals surface area (Å²) in [5.41, 5.74) is 17.9. The van der Waals surface area contributed by atoms with Gasteiger partial charge in [-0.2, -0.15) is 10.2 Å². The van der Waals surface area contributed by atoms with Gasteiger partial charge in [0.05, 0.1) is 23.1 Å². The zero-order valence-corrected chi connectivity index (χ0v) is 13.6. The Bertz CT molecular complexity index is 845. The average molecular weight is 338 g/mol. The number of para-hydroxylation sites is 2. The zero-order chi connectivity index (χ0) is 18.2. The molecular weight excluding hydrogens is 320 g/mol. The number of hydrazone groups is 2. The molecule has 0 fully saturated rings. The van der Waals surface area contributed by atoms with Crippen LogP contribution in [0.2, 0.25) is 0 Å². The molecule has 2 aromatic rings. The molecule has 2 aromatic carbocycles. The van der Waals surface area contributed by atoms with Crippen LogP contribution >= 0.6 is 0 Å². The third kappa shape index (κ3) is 4.90. The van der Waals surface area contributed by atoms with Gasteiger partial charge in [0, 0.05) is 11.4 Å². The molecular formula is C17H18N6O2. The Hall–Kier alpha value is -3.68. The normalized spacial score (nSPS) is 11.3. The van der Waals surface area contributed by atoms with Gasteiger partial charge in [-0.1, -0.05) is 24.3 Å². The van der Waals surface area contributed by atoms with Crippen molar-refractivity contribution < 1.29 is 9.59 Å². The number of carbonyl (C=O) groups is 2. The van der Waals surface area contributed by atoms with Crippen molar-refractivity contribution in [2.24, 2.45) is 10.2 Å². The lowest BCUT2D eigenvalue weighted by molar-refractivity contribution is 0.0947. The summed E-state index contributed by atoms with van der Waals surface area (Å²) in [4.78, 5) is 23.9. The topological polar surface area (TPSA) is 135 Å². The first-order valence-corrected chi connectivity index (χ1v) is 7.36. The number of nitrogens with one attached hydrogen (secondary N) is 2. The van der Waals surface area contributed by atoms with Crippen molar-refractivity contribution in [1.29, 1.82) is 0 Å². The van der Waals surface area contributed by atoms with E-state index in [1.165, 1.54) is 6.21 Å². The van der Waals surface area contributed by atoms with E-state index in [2.05, 4.69) is 21.1 Å². The summed E-state index contributed by atoms with van der Waals surface area (Å²) in [6, 6.07) is 13.3. The fourth-order valence-corrected chi connectivity index (χ4v) is 1.88. The van der Waals surface area contributed by atoms with E-state index >= 15 is 0 Å². The molecule has 0 saturated heterocycles. The van der Waals surface area contributed by atoms with Crippen LogP contribution in [0.5, 0.6) is 0 Å². The molecule has 0 spiro atoms. The van der Waals surface area contributed by atoms with Gasteiger partial charge in [0.1, 0.15) is 0 Å². The SMILES string of the molecule is CC(C=NNC(=O)c1ccccc1N)=NNC(=O)c1ccccc1N. The molecule has 0 atom stereocenters. The summed E-state index contributed by atoms with van der Waals surface area (Å²) in [5.74, 6) is -0.879. The maximum Gasteiger partial charge on any atom is 0.273 e. The Kier molecular flexibility index (Phi) is 5.83. The lowest BCUT2D eigenvalue weighted by atomic mass is 10.2. The molecule has 8 heteroatoms. The molecule has 0 aliphatic heterocycles. The van der Waals surface area contributed by atoms with Gasteiger partial charge in [0.2, 0.25) is 0 Å². The Morgan fingerprint density at radius 1 is 0.880 bits per heavy atom. The fraction of sp³-hybridized carbons (Fsp3) is 0.0588. The van der Waals surface area contributed by atoms with E-state index in [0.717, 1.165) is 0 Å². The number of rotatable bonds is 5. The van der Waals surface area contributed by atoms with Crippen LogP contribution in [-0.2, 0) is 0 Å². The maximum absolute atomic E-state index is 11.9. The Morgan fingerprint density at radius 2 is 1.36 bits per heavy atom. The molecule has 0 saturated carbocycles. The fourth-order valence-electron chi connectivity index (χ4n) is 1.88. The van der Waals surface area contributed by atoms with E-state index in [4.69, 9.17) is 11.5 Å². The van der Waals surface area contributed by atoms with E-state index in [-0.39, 0.29) is 0 Å². The van der Waals surface area contributed by atoms with E-state index in [0.29, 0.717) is 28.2 Å². The van der Waals surface area contributed by atoms with Crippen LogP contribution in [-0.4, -0.2) is 23.7 Å². The second-order valence-corrected chi connectivity index (χ2v) is 5.07.